The SMILES string of the molecule is O=C(/C=C/c1ccc(Cl)cc1)N(Cc1cccc(Br)c1)C1CCS(=O)(=O)C1. The second-order valence-electron chi connectivity index (χ2n) is 6.54. The van der Waals surface area contributed by atoms with Gasteiger partial charge in [-0.1, -0.05) is 51.8 Å². The van der Waals surface area contributed by atoms with E-state index in [-0.39, 0.29) is 23.5 Å². The van der Waals surface area contributed by atoms with Crippen molar-refractivity contribution in [3.05, 3.63) is 75.2 Å². The van der Waals surface area contributed by atoms with Crippen LogP contribution >= 0.6 is 27.5 Å². The maximum absolute atomic E-state index is 12.9. The normalized spacial score (nSPS) is 18.7. The lowest BCUT2D eigenvalue weighted by molar-refractivity contribution is -0.128. The molecule has 1 unspecified atom stereocenters. The number of carbonyl (C=O) groups excluding carboxylic acids is 1. The van der Waals surface area contributed by atoms with Crippen molar-refractivity contribution < 1.29 is 13.2 Å². The van der Waals surface area contributed by atoms with Crippen LogP contribution in [0.25, 0.3) is 6.08 Å². The van der Waals surface area contributed by atoms with E-state index in [0.29, 0.717) is 18.0 Å². The molecule has 1 atom stereocenters. The molecular formula is C20H19BrClNO3S. The minimum absolute atomic E-state index is 0.0154. The van der Waals surface area contributed by atoms with Gasteiger partial charge in [0, 0.05) is 28.2 Å². The molecule has 2 aromatic carbocycles. The van der Waals surface area contributed by atoms with Gasteiger partial charge in [0.25, 0.3) is 0 Å². The summed E-state index contributed by atoms with van der Waals surface area (Å²) in [6.45, 7) is 0.365. The predicted molar refractivity (Wildman–Crippen MR) is 112 cm³/mol. The standard InChI is InChI=1S/C20H19BrClNO3S/c21-17-3-1-2-16(12-17)13-23(19-10-11-27(25,26)14-19)20(24)9-6-15-4-7-18(22)8-5-15/h1-9,12,19H,10-11,13-14H2/b9-6+. The van der Waals surface area contributed by atoms with E-state index in [1.807, 2.05) is 36.4 Å². The van der Waals surface area contributed by atoms with Crippen LogP contribution in [0.1, 0.15) is 17.5 Å². The largest absolute Gasteiger partial charge is 0.331 e. The number of nitrogens with zero attached hydrogens (tertiary/aromatic N) is 1. The third kappa shape index (κ3) is 5.67. The van der Waals surface area contributed by atoms with Crippen molar-refractivity contribution in [2.75, 3.05) is 11.5 Å². The Hall–Kier alpha value is -1.63. The Bertz CT molecular complexity index is 957. The summed E-state index contributed by atoms with van der Waals surface area (Å²) in [4.78, 5) is 14.5. The molecule has 1 aliphatic heterocycles. The maximum atomic E-state index is 12.9. The molecule has 1 fully saturated rings. The molecule has 0 aliphatic carbocycles. The number of amides is 1. The summed E-state index contributed by atoms with van der Waals surface area (Å²) in [5.41, 5.74) is 1.80. The number of rotatable bonds is 5. The van der Waals surface area contributed by atoms with Crippen molar-refractivity contribution in [2.24, 2.45) is 0 Å². The number of sulfone groups is 1. The molecule has 142 valence electrons. The molecule has 1 aliphatic rings. The first kappa shape index (κ1) is 20.1. The number of benzene rings is 2. The first-order valence-corrected chi connectivity index (χ1v) is 11.5. The average Bonchev–Trinajstić information content (AvgIpc) is 2.98. The van der Waals surface area contributed by atoms with Crippen LogP contribution in [0.3, 0.4) is 0 Å². The highest BCUT2D eigenvalue weighted by molar-refractivity contribution is 9.10. The van der Waals surface area contributed by atoms with E-state index in [4.69, 9.17) is 11.6 Å². The van der Waals surface area contributed by atoms with Gasteiger partial charge in [0.2, 0.25) is 5.91 Å². The van der Waals surface area contributed by atoms with Crippen molar-refractivity contribution in [1.29, 1.82) is 0 Å². The Morgan fingerprint density at radius 3 is 2.59 bits per heavy atom. The molecule has 0 radical (unpaired) electrons. The fourth-order valence-corrected chi connectivity index (χ4v) is 5.38. The summed E-state index contributed by atoms with van der Waals surface area (Å²) in [6, 6.07) is 14.5. The lowest BCUT2D eigenvalue weighted by Gasteiger charge is -2.27. The molecule has 1 saturated heterocycles. The molecule has 0 saturated carbocycles. The van der Waals surface area contributed by atoms with E-state index in [2.05, 4.69) is 15.9 Å². The fourth-order valence-electron chi connectivity index (χ4n) is 3.08. The van der Waals surface area contributed by atoms with Gasteiger partial charge in [0.1, 0.15) is 0 Å². The fraction of sp³-hybridized carbons (Fsp3) is 0.250. The monoisotopic (exact) mass is 467 g/mol. The van der Waals surface area contributed by atoms with Crippen molar-refractivity contribution in [3.8, 4) is 0 Å². The van der Waals surface area contributed by atoms with Gasteiger partial charge in [-0.3, -0.25) is 4.79 Å². The highest BCUT2D eigenvalue weighted by atomic mass is 79.9. The average molecular weight is 469 g/mol. The molecule has 0 N–H and O–H groups in total. The zero-order valence-corrected chi connectivity index (χ0v) is 17.7. The lowest BCUT2D eigenvalue weighted by atomic mass is 10.1. The Kier molecular flexibility index (Phi) is 6.40. The molecule has 0 aromatic heterocycles. The Balaban J connectivity index is 1.81. The summed E-state index contributed by atoms with van der Waals surface area (Å²) >= 11 is 9.31. The Morgan fingerprint density at radius 1 is 1.22 bits per heavy atom. The van der Waals surface area contributed by atoms with Crippen LogP contribution in [0.15, 0.2) is 59.1 Å². The van der Waals surface area contributed by atoms with E-state index < -0.39 is 9.84 Å². The summed E-state index contributed by atoms with van der Waals surface area (Å²) < 4.78 is 24.7. The van der Waals surface area contributed by atoms with Crippen molar-refractivity contribution in [3.63, 3.8) is 0 Å². The molecule has 0 spiro atoms. The minimum atomic E-state index is -3.09. The smallest absolute Gasteiger partial charge is 0.247 e. The number of hydrogen-bond donors (Lipinski definition) is 0. The zero-order valence-electron chi connectivity index (χ0n) is 14.5. The van der Waals surface area contributed by atoms with Crippen LogP contribution in [-0.2, 0) is 21.2 Å². The van der Waals surface area contributed by atoms with Gasteiger partial charge in [-0.15, -0.1) is 0 Å². The van der Waals surface area contributed by atoms with Crippen LogP contribution in [0.4, 0.5) is 0 Å². The second-order valence-corrected chi connectivity index (χ2v) is 10.1. The van der Waals surface area contributed by atoms with Crippen molar-refractivity contribution >= 4 is 49.4 Å². The highest BCUT2D eigenvalue weighted by Crippen LogP contribution is 2.22. The number of halogens is 2. The van der Waals surface area contributed by atoms with E-state index in [9.17, 15) is 13.2 Å². The van der Waals surface area contributed by atoms with Crippen LogP contribution < -0.4 is 0 Å². The van der Waals surface area contributed by atoms with Gasteiger partial charge in [0.05, 0.1) is 11.5 Å². The summed E-state index contributed by atoms with van der Waals surface area (Å²) in [7, 11) is -3.09. The topological polar surface area (TPSA) is 54.5 Å². The van der Waals surface area contributed by atoms with Crippen LogP contribution in [0, 0.1) is 0 Å². The number of hydrogen-bond acceptors (Lipinski definition) is 3. The van der Waals surface area contributed by atoms with Gasteiger partial charge in [-0.25, -0.2) is 8.42 Å². The van der Waals surface area contributed by atoms with Gasteiger partial charge >= 0.3 is 0 Å². The first-order valence-electron chi connectivity index (χ1n) is 8.51. The molecule has 2 aromatic rings. The van der Waals surface area contributed by atoms with E-state index >= 15 is 0 Å². The van der Waals surface area contributed by atoms with E-state index in [0.717, 1.165) is 15.6 Å². The number of carbonyl (C=O) groups is 1. The van der Waals surface area contributed by atoms with E-state index in [1.54, 1.807) is 23.1 Å². The quantitative estimate of drug-likeness (QED) is 0.614. The van der Waals surface area contributed by atoms with Crippen LogP contribution in [0.2, 0.25) is 5.02 Å². The summed E-state index contributed by atoms with van der Waals surface area (Å²) in [5.74, 6) is -0.0606. The van der Waals surface area contributed by atoms with Gasteiger partial charge in [-0.2, -0.15) is 0 Å². The maximum Gasteiger partial charge on any atom is 0.247 e. The zero-order chi connectivity index (χ0) is 19.4. The molecule has 0 bridgehead atoms. The van der Waals surface area contributed by atoms with Gasteiger partial charge in [-0.05, 0) is 47.9 Å². The molecule has 3 rings (SSSR count). The molecule has 1 heterocycles. The first-order chi connectivity index (χ1) is 12.8. The molecular weight excluding hydrogens is 450 g/mol. The predicted octanol–water partition coefficient (Wildman–Crippen LogP) is 4.33. The molecule has 4 nitrogen and oxygen atoms in total. The summed E-state index contributed by atoms with van der Waals surface area (Å²) in [6.07, 6.45) is 3.68. The molecule has 27 heavy (non-hydrogen) atoms. The van der Waals surface area contributed by atoms with E-state index in [1.165, 1.54) is 6.08 Å². The highest BCUT2D eigenvalue weighted by Gasteiger charge is 2.34. The third-order valence-electron chi connectivity index (χ3n) is 4.46. The molecule has 1 amide bonds. The second kappa shape index (κ2) is 8.59. The Morgan fingerprint density at radius 2 is 1.96 bits per heavy atom. The van der Waals surface area contributed by atoms with Gasteiger partial charge in [0.15, 0.2) is 9.84 Å². The minimum Gasteiger partial charge on any atom is -0.331 e. The lowest BCUT2D eigenvalue weighted by Crippen LogP contribution is -2.39. The summed E-state index contributed by atoms with van der Waals surface area (Å²) in [5, 5.41) is 0.630. The third-order valence-corrected chi connectivity index (χ3v) is 6.96. The van der Waals surface area contributed by atoms with Gasteiger partial charge < -0.3 is 4.90 Å². The van der Waals surface area contributed by atoms with Crippen LogP contribution in [0.5, 0.6) is 0 Å². The molecule has 7 heteroatoms. The van der Waals surface area contributed by atoms with Crippen molar-refractivity contribution in [2.45, 2.75) is 19.0 Å². The van der Waals surface area contributed by atoms with Crippen molar-refractivity contribution in [1.82, 2.24) is 4.90 Å². The Labute approximate surface area is 172 Å². The van der Waals surface area contributed by atoms with Crippen LogP contribution in [-0.4, -0.2) is 36.8 Å².